The van der Waals surface area contributed by atoms with E-state index in [-0.39, 0.29) is 12.1 Å². The highest BCUT2D eigenvalue weighted by atomic mass is 16.5. The minimum Gasteiger partial charge on any atom is -0.462 e. The molecule has 0 amide bonds. The third-order valence-corrected chi connectivity index (χ3v) is 9.10. The van der Waals surface area contributed by atoms with Crippen LogP contribution in [0.1, 0.15) is 79.1 Å². The van der Waals surface area contributed by atoms with Gasteiger partial charge >= 0.3 is 5.97 Å². The lowest BCUT2D eigenvalue weighted by Gasteiger charge is -2.58. The zero-order valence-corrected chi connectivity index (χ0v) is 17.1. The van der Waals surface area contributed by atoms with Crippen LogP contribution >= 0.6 is 0 Å². The van der Waals surface area contributed by atoms with Crippen molar-refractivity contribution in [1.29, 1.82) is 0 Å². The smallest absolute Gasteiger partial charge is 0.302 e. The molecule has 0 aromatic rings. The Morgan fingerprint density at radius 1 is 1.19 bits per heavy atom. The number of carbonyl (C=O) groups excluding carboxylic acids is 1. The molecular weight excluding hydrogens is 322 g/mol. The van der Waals surface area contributed by atoms with Gasteiger partial charge in [-0.05, 0) is 86.4 Å². The topological polar surface area (TPSA) is 52.3 Å². The zero-order chi connectivity index (χ0) is 18.7. The van der Waals surface area contributed by atoms with E-state index in [0.717, 1.165) is 30.6 Å². The molecular formula is C23H37NO2. The summed E-state index contributed by atoms with van der Waals surface area (Å²) in [6.45, 7) is 8.82. The van der Waals surface area contributed by atoms with E-state index < -0.39 is 0 Å². The summed E-state index contributed by atoms with van der Waals surface area (Å²) in [5.41, 5.74) is 8.75. The van der Waals surface area contributed by atoms with Crippen LogP contribution in [-0.2, 0) is 9.53 Å². The van der Waals surface area contributed by atoms with E-state index in [1.165, 1.54) is 45.4 Å². The van der Waals surface area contributed by atoms with Crippen molar-refractivity contribution in [2.24, 2.45) is 40.2 Å². The molecule has 2 unspecified atom stereocenters. The maximum Gasteiger partial charge on any atom is 0.302 e. The first-order valence-electron chi connectivity index (χ1n) is 10.9. The van der Waals surface area contributed by atoms with Crippen molar-refractivity contribution in [2.75, 3.05) is 0 Å². The van der Waals surface area contributed by atoms with E-state index in [2.05, 4.69) is 26.8 Å². The van der Waals surface area contributed by atoms with Crippen molar-refractivity contribution < 1.29 is 9.53 Å². The van der Waals surface area contributed by atoms with E-state index in [1.54, 1.807) is 5.57 Å². The molecule has 3 fully saturated rings. The Bertz CT molecular complexity index is 611. The SMILES string of the molecule is CC(=O)OC1CC[C@@]2(C)C(=CC[C@H]3[C@@H]4CC[C@H](C(C)N)[C@@]4(C)CC[C@@H]32)C1. The van der Waals surface area contributed by atoms with Gasteiger partial charge in [-0.15, -0.1) is 0 Å². The molecule has 26 heavy (non-hydrogen) atoms. The number of nitrogens with two attached hydrogens (primary N) is 1. The monoisotopic (exact) mass is 359 g/mol. The van der Waals surface area contributed by atoms with Crippen LogP contribution in [0.3, 0.4) is 0 Å². The minimum atomic E-state index is -0.130. The normalized spacial score (nSPS) is 48.7. The van der Waals surface area contributed by atoms with Crippen molar-refractivity contribution in [2.45, 2.75) is 91.2 Å². The Labute approximate surface area is 159 Å². The highest BCUT2D eigenvalue weighted by molar-refractivity contribution is 5.66. The number of rotatable bonds is 2. The molecule has 0 aromatic heterocycles. The summed E-state index contributed by atoms with van der Waals surface area (Å²) in [7, 11) is 0. The van der Waals surface area contributed by atoms with Crippen LogP contribution in [0, 0.1) is 34.5 Å². The molecule has 3 nitrogen and oxygen atoms in total. The van der Waals surface area contributed by atoms with Gasteiger partial charge in [0.25, 0.3) is 0 Å². The van der Waals surface area contributed by atoms with Gasteiger partial charge in [0.05, 0.1) is 0 Å². The van der Waals surface area contributed by atoms with E-state index >= 15 is 0 Å². The van der Waals surface area contributed by atoms with Gasteiger partial charge in [0.15, 0.2) is 0 Å². The number of allylic oxidation sites excluding steroid dienone is 1. The maximum atomic E-state index is 11.4. The van der Waals surface area contributed by atoms with Crippen LogP contribution in [0.4, 0.5) is 0 Å². The fraction of sp³-hybridized carbons (Fsp3) is 0.870. The van der Waals surface area contributed by atoms with Crippen LogP contribution in [0.25, 0.3) is 0 Å². The molecule has 3 heteroatoms. The third-order valence-electron chi connectivity index (χ3n) is 9.10. The van der Waals surface area contributed by atoms with Crippen LogP contribution in [-0.4, -0.2) is 18.1 Å². The minimum absolute atomic E-state index is 0.103. The molecule has 0 radical (unpaired) electrons. The summed E-state index contributed by atoms with van der Waals surface area (Å²) in [6.07, 6.45) is 12.4. The van der Waals surface area contributed by atoms with Crippen LogP contribution in [0.15, 0.2) is 11.6 Å². The van der Waals surface area contributed by atoms with Gasteiger partial charge in [0, 0.05) is 19.4 Å². The largest absolute Gasteiger partial charge is 0.462 e. The van der Waals surface area contributed by atoms with E-state index in [0.29, 0.717) is 22.8 Å². The second-order valence-corrected chi connectivity index (χ2v) is 10.3. The van der Waals surface area contributed by atoms with Crippen molar-refractivity contribution in [3.8, 4) is 0 Å². The molecule has 146 valence electrons. The standard InChI is InChI=1S/C23H37NO2/c1-14(24)19-7-8-20-18-6-5-16-13-17(26-15(2)25)9-11-22(16,3)21(18)10-12-23(19,20)4/h5,14,17-21H,6-13,24H2,1-4H3/t14?,17?,18-,19+,20-,21-,22-,23+/m0/s1. The summed E-state index contributed by atoms with van der Waals surface area (Å²) in [5.74, 6) is 3.06. The molecule has 4 aliphatic rings. The Morgan fingerprint density at radius 3 is 2.65 bits per heavy atom. The number of hydrogen-bond acceptors (Lipinski definition) is 3. The molecule has 0 aliphatic heterocycles. The molecule has 3 saturated carbocycles. The van der Waals surface area contributed by atoms with Crippen molar-refractivity contribution >= 4 is 5.97 Å². The predicted octanol–water partition coefficient (Wildman–Crippen LogP) is 4.84. The fourth-order valence-corrected chi connectivity index (χ4v) is 7.87. The van der Waals surface area contributed by atoms with Crippen LogP contribution < -0.4 is 5.73 Å². The fourth-order valence-electron chi connectivity index (χ4n) is 7.87. The number of hydrogen-bond donors (Lipinski definition) is 1. The predicted molar refractivity (Wildman–Crippen MR) is 104 cm³/mol. The van der Waals surface area contributed by atoms with E-state index in [1.807, 2.05) is 0 Å². The summed E-state index contributed by atoms with van der Waals surface area (Å²) in [5, 5.41) is 0. The molecule has 0 bridgehead atoms. The van der Waals surface area contributed by atoms with Gasteiger partial charge in [-0.2, -0.15) is 0 Å². The van der Waals surface area contributed by atoms with E-state index in [4.69, 9.17) is 10.5 Å². The maximum absolute atomic E-state index is 11.4. The number of fused-ring (bicyclic) bond motifs is 5. The lowest BCUT2D eigenvalue weighted by atomic mass is 9.47. The Balaban J connectivity index is 1.58. The molecule has 4 aliphatic carbocycles. The second-order valence-electron chi connectivity index (χ2n) is 10.3. The molecule has 4 rings (SSSR count). The number of esters is 1. The first-order valence-corrected chi connectivity index (χ1v) is 10.9. The van der Waals surface area contributed by atoms with Gasteiger partial charge in [-0.1, -0.05) is 25.5 Å². The van der Waals surface area contributed by atoms with E-state index in [9.17, 15) is 4.79 Å². The second kappa shape index (κ2) is 6.36. The summed E-state index contributed by atoms with van der Waals surface area (Å²) >= 11 is 0. The molecule has 0 heterocycles. The van der Waals surface area contributed by atoms with Crippen molar-refractivity contribution in [1.82, 2.24) is 0 Å². The lowest BCUT2D eigenvalue weighted by molar-refractivity contribution is -0.148. The first-order chi connectivity index (χ1) is 12.3. The highest BCUT2D eigenvalue weighted by Gasteiger charge is 2.59. The summed E-state index contributed by atoms with van der Waals surface area (Å²) in [6, 6.07) is 0.325. The molecule has 2 N–H and O–H groups in total. The quantitative estimate of drug-likeness (QED) is 0.567. The van der Waals surface area contributed by atoms with Crippen LogP contribution in [0.2, 0.25) is 0 Å². The van der Waals surface area contributed by atoms with Gasteiger partial charge < -0.3 is 10.5 Å². The first kappa shape index (κ1) is 18.5. The van der Waals surface area contributed by atoms with Crippen molar-refractivity contribution in [3.63, 3.8) is 0 Å². The van der Waals surface area contributed by atoms with Gasteiger partial charge in [0.2, 0.25) is 0 Å². The summed E-state index contributed by atoms with van der Waals surface area (Å²) < 4.78 is 5.55. The third kappa shape index (κ3) is 2.68. The van der Waals surface area contributed by atoms with Gasteiger partial charge in [0.1, 0.15) is 6.10 Å². The highest BCUT2D eigenvalue weighted by Crippen LogP contribution is 2.66. The average Bonchev–Trinajstić information content (AvgIpc) is 2.92. The molecule has 8 atom stereocenters. The lowest BCUT2D eigenvalue weighted by Crippen LogP contribution is -2.52. The molecule has 0 saturated heterocycles. The average molecular weight is 360 g/mol. The van der Waals surface area contributed by atoms with Crippen LogP contribution in [0.5, 0.6) is 0 Å². The van der Waals surface area contributed by atoms with Crippen molar-refractivity contribution in [3.05, 3.63) is 11.6 Å². The number of ether oxygens (including phenoxy) is 1. The summed E-state index contributed by atoms with van der Waals surface area (Å²) in [4.78, 5) is 11.4. The van der Waals surface area contributed by atoms with Gasteiger partial charge in [-0.3, -0.25) is 4.79 Å². The Kier molecular flexibility index (Phi) is 4.53. The Morgan fingerprint density at radius 2 is 1.96 bits per heavy atom. The number of carbonyl (C=O) groups is 1. The molecule has 0 aromatic carbocycles. The zero-order valence-electron chi connectivity index (χ0n) is 17.1. The van der Waals surface area contributed by atoms with Gasteiger partial charge in [-0.25, -0.2) is 0 Å². The molecule has 0 spiro atoms. The Hall–Kier alpha value is -0.830.